The number of unbranched alkanes of at least 4 members (excludes halogenated alkanes) is 1. The maximum atomic E-state index is 13.5. The van der Waals surface area contributed by atoms with Crippen molar-refractivity contribution in [3.05, 3.63) is 94.2 Å². The van der Waals surface area contributed by atoms with Gasteiger partial charge in [0.15, 0.2) is 0 Å². The molecule has 7 heteroatoms. The van der Waals surface area contributed by atoms with Crippen LogP contribution in [0.2, 0.25) is 0 Å². The molecule has 198 valence electrons. The van der Waals surface area contributed by atoms with Gasteiger partial charge >= 0.3 is 0 Å². The van der Waals surface area contributed by atoms with Crippen LogP contribution >= 0.6 is 15.9 Å². The Morgan fingerprint density at radius 1 is 0.892 bits per heavy atom. The summed E-state index contributed by atoms with van der Waals surface area (Å²) >= 11 is 3.49. The van der Waals surface area contributed by atoms with E-state index in [1.54, 1.807) is 12.0 Å². The van der Waals surface area contributed by atoms with Crippen LogP contribution in [0.5, 0.6) is 0 Å². The Hall–Kier alpha value is -2.90. The zero-order valence-electron chi connectivity index (χ0n) is 21.9. The Kier molecular flexibility index (Phi) is 11.9. The van der Waals surface area contributed by atoms with Crippen molar-refractivity contribution in [3.8, 4) is 0 Å². The van der Waals surface area contributed by atoms with Crippen molar-refractivity contribution in [1.82, 2.24) is 14.4 Å². The van der Waals surface area contributed by atoms with E-state index in [1.807, 2.05) is 53.4 Å². The number of carbonyl (C=O) groups is 2. The SMILES string of the molecule is CCCCN(Cc1cccn1Cc1ccc(Br)cc1)C(=O)CN(CCOC)C(=O)CCc1ccccc1. The number of hydrogen-bond donors (Lipinski definition) is 0. The van der Waals surface area contributed by atoms with Gasteiger partial charge in [0.1, 0.15) is 0 Å². The Labute approximate surface area is 229 Å². The van der Waals surface area contributed by atoms with Gasteiger partial charge in [-0.2, -0.15) is 0 Å². The molecule has 0 unspecified atom stereocenters. The quantitative estimate of drug-likeness (QED) is 0.242. The van der Waals surface area contributed by atoms with Crippen LogP contribution in [-0.2, 0) is 33.8 Å². The molecule has 0 bridgehead atoms. The van der Waals surface area contributed by atoms with Crippen molar-refractivity contribution in [2.75, 3.05) is 33.4 Å². The molecule has 2 aromatic carbocycles. The molecule has 0 atom stereocenters. The molecule has 1 heterocycles. The third-order valence-corrected chi connectivity index (χ3v) is 6.92. The Morgan fingerprint density at radius 3 is 2.35 bits per heavy atom. The van der Waals surface area contributed by atoms with Gasteiger partial charge in [-0.3, -0.25) is 9.59 Å². The van der Waals surface area contributed by atoms with Gasteiger partial charge in [-0.05, 0) is 48.2 Å². The Balaban J connectivity index is 1.67. The Bertz CT molecular complexity index is 1100. The van der Waals surface area contributed by atoms with Crippen molar-refractivity contribution in [3.63, 3.8) is 0 Å². The van der Waals surface area contributed by atoms with Gasteiger partial charge in [-0.15, -0.1) is 0 Å². The van der Waals surface area contributed by atoms with Crippen LogP contribution in [0.15, 0.2) is 77.4 Å². The molecule has 3 aromatic rings. The molecule has 6 nitrogen and oxygen atoms in total. The molecule has 0 aliphatic heterocycles. The lowest BCUT2D eigenvalue weighted by molar-refractivity contribution is -0.141. The van der Waals surface area contributed by atoms with E-state index in [9.17, 15) is 9.59 Å². The molecule has 0 radical (unpaired) electrons. The summed E-state index contributed by atoms with van der Waals surface area (Å²) in [5.74, 6) is -0.0580. The summed E-state index contributed by atoms with van der Waals surface area (Å²) in [5.41, 5.74) is 3.39. The second kappa shape index (κ2) is 15.4. The number of hydrogen-bond acceptors (Lipinski definition) is 3. The normalized spacial score (nSPS) is 10.9. The van der Waals surface area contributed by atoms with Gasteiger partial charge in [0.25, 0.3) is 0 Å². The number of nitrogens with zero attached hydrogens (tertiary/aromatic N) is 3. The van der Waals surface area contributed by atoms with Crippen molar-refractivity contribution in [2.45, 2.75) is 45.7 Å². The second-order valence-corrected chi connectivity index (χ2v) is 10.1. The summed E-state index contributed by atoms with van der Waals surface area (Å²) in [6.07, 6.45) is 4.98. The molecule has 2 amide bonds. The standard InChI is InChI=1S/C30H38BrN3O3/c1-3-4-18-33(23-28-11-8-19-32(28)22-26-12-15-27(31)16-13-26)30(36)24-34(20-21-37-2)29(35)17-14-25-9-6-5-7-10-25/h5-13,15-16,19H,3-4,14,17-18,20-24H2,1-2H3. The molecule has 0 saturated heterocycles. The van der Waals surface area contributed by atoms with Crippen molar-refractivity contribution in [1.29, 1.82) is 0 Å². The summed E-state index contributed by atoms with van der Waals surface area (Å²) in [6, 6.07) is 22.3. The molecule has 37 heavy (non-hydrogen) atoms. The number of carbonyl (C=O) groups excluding carboxylic acids is 2. The summed E-state index contributed by atoms with van der Waals surface area (Å²) in [6.45, 7) is 4.90. The summed E-state index contributed by atoms with van der Waals surface area (Å²) in [5, 5.41) is 0. The van der Waals surface area contributed by atoms with Crippen LogP contribution < -0.4 is 0 Å². The molecule has 0 saturated carbocycles. The first-order valence-corrected chi connectivity index (χ1v) is 13.8. The molecule has 0 aliphatic carbocycles. The number of amides is 2. The van der Waals surface area contributed by atoms with Gasteiger partial charge in [0.05, 0.1) is 19.7 Å². The third-order valence-electron chi connectivity index (χ3n) is 6.39. The van der Waals surface area contributed by atoms with Gasteiger partial charge < -0.3 is 19.1 Å². The number of methoxy groups -OCH3 is 1. The predicted octanol–water partition coefficient (Wildman–Crippen LogP) is 5.54. The maximum absolute atomic E-state index is 13.5. The smallest absolute Gasteiger partial charge is 0.242 e. The lowest BCUT2D eigenvalue weighted by Crippen LogP contribution is -2.44. The molecule has 0 aliphatic rings. The first-order chi connectivity index (χ1) is 18.0. The van der Waals surface area contributed by atoms with E-state index in [0.717, 1.165) is 35.1 Å². The molecule has 1 aromatic heterocycles. The number of benzene rings is 2. The fourth-order valence-electron chi connectivity index (χ4n) is 4.18. The number of ether oxygens (including phenoxy) is 1. The van der Waals surface area contributed by atoms with Crippen molar-refractivity contribution >= 4 is 27.7 Å². The van der Waals surface area contributed by atoms with E-state index in [-0.39, 0.29) is 18.4 Å². The van der Waals surface area contributed by atoms with Gasteiger partial charge in [0.2, 0.25) is 11.8 Å². The molecule has 3 rings (SSSR count). The van der Waals surface area contributed by atoms with E-state index >= 15 is 0 Å². The van der Waals surface area contributed by atoms with Crippen molar-refractivity contribution < 1.29 is 14.3 Å². The Morgan fingerprint density at radius 2 is 1.65 bits per heavy atom. The van der Waals surface area contributed by atoms with Gasteiger partial charge in [-0.1, -0.05) is 71.7 Å². The highest BCUT2D eigenvalue weighted by molar-refractivity contribution is 9.10. The number of aryl methyl sites for hydroxylation is 1. The van der Waals surface area contributed by atoms with E-state index in [2.05, 4.69) is 51.8 Å². The summed E-state index contributed by atoms with van der Waals surface area (Å²) in [4.78, 5) is 30.1. The van der Waals surface area contributed by atoms with Crippen LogP contribution in [-0.4, -0.2) is 59.5 Å². The number of aromatic nitrogens is 1. The van der Waals surface area contributed by atoms with E-state index in [0.29, 0.717) is 39.1 Å². The van der Waals surface area contributed by atoms with E-state index < -0.39 is 0 Å². The minimum absolute atomic E-state index is 0.0247. The zero-order valence-corrected chi connectivity index (χ0v) is 23.5. The minimum Gasteiger partial charge on any atom is -0.383 e. The first kappa shape index (κ1) is 28.7. The van der Waals surface area contributed by atoms with Crippen molar-refractivity contribution in [2.24, 2.45) is 0 Å². The van der Waals surface area contributed by atoms with E-state index in [1.165, 1.54) is 5.56 Å². The van der Waals surface area contributed by atoms with Crippen LogP contribution in [0.3, 0.4) is 0 Å². The lowest BCUT2D eigenvalue weighted by Gasteiger charge is -2.28. The minimum atomic E-state index is -0.0333. The molecule has 0 N–H and O–H groups in total. The second-order valence-electron chi connectivity index (χ2n) is 9.22. The van der Waals surface area contributed by atoms with Crippen LogP contribution in [0, 0.1) is 0 Å². The molecule has 0 fully saturated rings. The monoisotopic (exact) mass is 567 g/mol. The van der Waals surface area contributed by atoms with Crippen LogP contribution in [0.4, 0.5) is 0 Å². The van der Waals surface area contributed by atoms with Gasteiger partial charge in [-0.25, -0.2) is 0 Å². The average molecular weight is 569 g/mol. The largest absolute Gasteiger partial charge is 0.383 e. The first-order valence-electron chi connectivity index (χ1n) is 13.0. The van der Waals surface area contributed by atoms with Crippen LogP contribution in [0.25, 0.3) is 0 Å². The highest BCUT2D eigenvalue weighted by Crippen LogP contribution is 2.15. The third kappa shape index (κ3) is 9.48. The predicted molar refractivity (Wildman–Crippen MR) is 151 cm³/mol. The number of halogens is 1. The summed E-state index contributed by atoms with van der Waals surface area (Å²) in [7, 11) is 1.61. The lowest BCUT2D eigenvalue weighted by atomic mass is 10.1. The molecule has 0 spiro atoms. The number of rotatable bonds is 15. The maximum Gasteiger partial charge on any atom is 0.242 e. The molecular formula is C30H38BrN3O3. The zero-order chi connectivity index (χ0) is 26.5. The highest BCUT2D eigenvalue weighted by Gasteiger charge is 2.22. The van der Waals surface area contributed by atoms with Gasteiger partial charge in [0, 0.05) is 49.5 Å². The van der Waals surface area contributed by atoms with Crippen LogP contribution in [0.1, 0.15) is 43.0 Å². The fourth-order valence-corrected chi connectivity index (χ4v) is 4.45. The average Bonchev–Trinajstić information content (AvgIpc) is 3.35. The highest BCUT2D eigenvalue weighted by atomic mass is 79.9. The summed E-state index contributed by atoms with van der Waals surface area (Å²) < 4.78 is 8.47. The van der Waals surface area contributed by atoms with E-state index in [4.69, 9.17) is 4.74 Å². The topological polar surface area (TPSA) is 54.8 Å². The molecular weight excluding hydrogens is 530 g/mol. The fraction of sp³-hybridized carbons (Fsp3) is 0.400.